The van der Waals surface area contributed by atoms with Gasteiger partial charge in [0.2, 0.25) is 0 Å². The van der Waals surface area contributed by atoms with Gasteiger partial charge in [0.05, 0.1) is 35.1 Å². The maximum atomic E-state index is 12.3. The second-order valence-corrected chi connectivity index (χ2v) is 5.94. The molecular formula is C19H17N3O3. The van der Waals surface area contributed by atoms with E-state index >= 15 is 0 Å². The number of imidazole rings is 1. The van der Waals surface area contributed by atoms with E-state index in [-0.39, 0.29) is 11.8 Å². The molecule has 2 amide bonds. The Balaban J connectivity index is 1.27. The highest BCUT2D eigenvalue weighted by atomic mass is 16.5. The molecule has 0 saturated carbocycles. The van der Waals surface area contributed by atoms with Gasteiger partial charge in [0.1, 0.15) is 5.75 Å². The molecule has 2 aromatic carbocycles. The molecule has 25 heavy (non-hydrogen) atoms. The van der Waals surface area contributed by atoms with Crippen LogP contribution in [0.1, 0.15) is 33.6 Å². The smallest absolute Gasteiger partial charge is 0.261 e. The van der Waals surface area contributed by atoms with Crippen molar-refractivity contribution in [3.05, 3.63) is 59.9 Å². The van der Waals surface area contributed by atoms with Gasteiger partial charge in [0, 0.05) is 12.6 Å². The monoisotopic (exact) mass is 335 g/mol. The molecule has 6 heteroatoms. The summed E-state index contributed by atoms with van der Waals surface area (Å²) in [6, 6.07) is 12.7. The van der Waals surface area contributed by atoms with Gasteiger partial charge >= 0.3 is 0 Å². The van der Waals surface area contributed by atoms with Crippen molar-refractivity contribution >= 4 is 22.8 Å². The van der Waals surface area contributed by atoms with Crippen LogP contribution in [-0.4, -0.2) is 39.8 Å². The van der Waals surface area contributed by atoms with Crippen molar-refractivity contribution in [3.8, 4) is 5.75 Å². The van der Waals surface area contributed by atoms with E-state index in [1.54, 1.807) is 30.6 Å². The van der Waals surface area contributed by atoms with E-state index < -0.39 is 0 Å². The number of carbonyl (C=O) groups excluding carboxylic acids is 2. The molecule has 0 radical (unpaired) electrons. The number of H-pyrrole nitrogens is 1. The van der Waals surface area contributed by atoms with Gasteiger partial charge in [0.25, 0.3) is 11.8 Å². The first kappa shape index (κ1) is 15.4. The molecule has 0 spiro atoms. The van der Waals surface area contributed by atoms with Crippen LogP contribution in [0.25, 0.3) is 11.0 Å². The summed E-state index contributed by atoms with van der Waals surface area (Å²) in [4.78, 5) is 33.1. The minimum absolute atomic E-state index is 0.203. The Morgan fingerprint density at radius 2 is 1.76 bits per heavy atom. The highest BCUT2D eigenvalue weighted by Gasteiger charge is 2.34. The lowest BCUT2D eigenvalue weighted by Gasteiger charge is -2.13. The molecule has 0 fully saturated rings. The number of unbranched alkanes of at least 4 members (excludes halogenated alkanes) is 1. The third-order valence-corrected chi connectivity index (χ3v) is 4.32. The second-order valence-electron chi connectivity index (χ2n) is 5.94. The molecule has 1 N–H and O–H groups in total. The molecule has 1 aliphatic rings. The normalized spacial score (nSPS) is 13.5. The van der Waals surface area contributed by atoms with Gasteiger partial charge in [-0.25, -0.2) is 4.98 Å². The number of nitrogens with one attached hydrogen (secondary N) is 1. The molecule has 1 aromatic heterocycles. The molecule has 0 aliphatic carbocycles. The number of imide groups is 1. The Kier molecular flexibility index (Phi) is 3.93. The molecule has 4 rings (SSSR count). The lowest BCUT2D eigenvalue weighted by Crippen LogP contribution is -2.30. The van der Waals surface area contributed by atoms with Crippen LogP contribution in [0.15, 0.2) is 48.8 Å². The van der Waals surface area contributed by atoms with Gasteiger partial charge in [-0.05, 0) is 37.1 Å². The maximum absolute atomic E-state index is 12.3. The number of nitrogens with zero attached hydrogens (tertiary/aromatic N) is 2. The highest BCUT2D eigenvalue weighted by Crippen LogP contribution is 2.23. The number of aromatic nitrogens is 2. The van der Waals surface area contributed by atoms with E-state index in [0.717, 1.165) is 23.2 Å². The second kappa shape index (κ2) is 6.39. The number of amides is 2. The molecule has 0 saturated heterocycles. The minimum atomic E-state index is -0.203. The molecule has 0 bridgehead atoms. The summed E-state index contributed by atoms with van der Waals surface area (Å²) in [6.07, 6.45) is 3.11. The zero-order valence-corrected chi connectivity index (χ0v) is 13.6. The Morgan fingerprint density at radius 1 is 1.00 bits per heavy atom. The number of rotatable bonds is 6. The van der Waals surface area contributed by atoms with Crippen LogP contribution in [0.2, 0.25) is 0 Å². The zero-order valence-electron chi connectivity index (χ0n) is 13.6. The number of hydrogen-bond donors (Lipinski definition) is 1. The van der Waals surface area contributed by atoms with E-state index in [0.29, 0.717) is 30.7 Å². The fourth-order valence-electron chi connectivity index (χ4n) is 3.01. The summed E-state index contributed by atoms with van der Waals surface area (Å²) >= 11 is 0. The Hall–Kier alpha value is -3.15. The topological polar surface area (TPSA) is 75.3 Å². The summed E-state index contributed by atoms with van der Waals surface area (Å²) in [5, 5.41) is 0. The van der Waals surface area contributed by atoms with E-state index in [1.807, 2.05) is 18.2 Å². The van der Waals surface area contributed by atoms with Crippen molar-refractivity contribution in [1.29, 1.82) is 0 Å². The van der Waals surface area contributed by atoms with E-state index in [9.17, 15) is 9.59 Å². The standard InChI is InChI=1S/C19H17N3O3/c23-18-14-5-1-2-6-15(14)19(24)22(18)9-3-4-10-25-13-7-8-16-17(11-13)21-12-20-16/h1-2,5-8,11-12H,3-4,9-10H2,(H,20,21). The summed E-state index contributed by atoms with van der Waals surface area (Å²) in [5.74, 6) is 0.358. The van der Waals surface area contributed by atoms with Crippen LogP contribution in [0, 0.1) is 0 Å². The Bertz CT molecular complexity index is 913. The van der Waals surface area contributed by atoms with Crippen LogP contribution in [0.4, 0.5) is 0 Å². The number of carbonyl (C=O) groups is 2. The maximum Gasteiger partial charge on any atom is 0.261 e. The summed E-state index contributed by atoms with van der Waals surface area (Å²) in [7, 11) is 0. The van der Waals surface area contributed by atoms with E-state index in [2.05, 4.69) is 9.97 Å². The average Bonchev–Trinajstić information content (AvgIpc) is 3.19. The van der Waals surface area contributed by atoms with Crippen molar-refractivity contribution in [2.75, 3.05) is 13.2 Å². The van der Waals surface area contributed by atoms with Gasteiger partial charge in [-0.2, -0.15) is 0 Å². The fraction of sp³-hybridized carbons (Fsp3) is 0.211. The average molecular weight is 335 g/mol. The van der Waals surface area contributed by atoms with Crippen LogP contribution >= 0.6 is 0 Å². The lowest BCUT2D eigenvalue weighted by molar-refractivity contribution is 0.0649. The summed E-state index contributed by atoms with van der Waals surface area (Å²) < 4.78 is 5.72. The first-order valence-corrected chi connectivity index (χ1v) is 8.25. The first-order valence-electron chi connectivity index (χ1n) is 8.25. The number of hydrogen-bond acceptors (Lipinski definition) is 4. The predicted octanol–water partition coefficient (Wildman–Crippen LogP) is 3.02. The van der Waals surface area contributed by atoms with Gasteiger partial charge in [-0.3, -0.25) is 14.5 Å². The molecule has 1 aliphatic heterocycles. The van der Waals surface area contributed by atoms with Crippen molar-refractivity contribution in [2.24, 2.45) is 0 Å². The minimum Gasteiger partial charge on any atom is -0.494 e. The van der Waals surface area contributed by atoms with Gasteiger partial charge in [0.15, 0.2) is 0 Å². The van der Waals surface area contributed by atoms with Gasteiger partial charge in [-0.1, -0.05) is 12.1 Å². The number of ether oxygens (including phenoxy) is 1. The van der Waals surface area contributed by atoms with Gasteiger partial charge < -0.3 is 9.72 Å². The van der Waals surface area contributed by atoms with Crippen LogP contribution in [-0.2, 0) is 0 Å². The summed E-state index contributed by atoms with van der Waals surface area (Å²) in [6.45, 7) is 0.938. The van der Waals surface area contributed by atoms with Crippen LogP contribution in [0.5, 0.6) is 5.75 Å². The van der Waals surface area contributed by atoms with E-state index in [4.69, 9.17) is 4.74 Å². The summed E-state index contributed by atoms with van der Waals surface area (Å²) in [5.41, 5.74) is 2.83. The van der Waals surface area contributed by atoms with Crippen LogP contribution < -0.4 is 4.74 Å². The third kappa shape index (κ3) is 2.87. The molecule has 6 nitrogen and oxygen atoms in total. The highest BCUT2D eigenvalue weighted by molar-refractivity contribution is 6.21. The zero-order chi connectivity index (χ0) is 17.2. The molecule has 3 aromatic rings. The fourth-order valence-corrected chi connectivity index (χ4v) is 3.01. The van der Waals surface area contributed by atoms with Crippen LogP contribution in [0.3, 0.4) is 0 Å². The van der Waals surface area contributed by atoms with Gasteiger partial charge in [-0.15, -0.1) is 0 Å². The van der Waals surface area contributed by atoms with Crippen molar-refractivity contribution in [1.82, 2.24) is 14.9 Å². The Labute approximate surface area is 144 Å². The number of benzene rings is 2. The van der Waals surface area contributed by atoms with E-state index in [1.165, 1.54) is 4.90 Å². The lowest BCUT2D eigenvalue weighted by atomic mass is 10.1. The molecule has 2 heterocycles. The molecule has 0 atom stereocenters. The number of fused-ring (bicyclic) bond motifs is 2. The number of aromatic amines is 1. The largest absolute Gasteiger partial charge is 0.494 e. The SMILES string of the molecule is O=C1c2ccccc2C(=O)N1CCCCOc1ccc2[nH]cnc2c1. The first-order chi connectivity index (χ1) is 12.2. The van der Waals surface area contributed by atoms with Crippen molar-refractivity contribution in [3.63, 3.8) is 0 Å². The molecular weight excluding hydrogens is 318 g/mol. The van der Waals surface area contributed by atoms with Crippen molar-refractivity contribution < 1.29 is 14.3 Å². The van der Waals surface area contributed by atoms with Crippen molar-refractivity contribution in [2.45, 2.75) is 12.8 Å². The quantitative estimate of drug-likeness (QED) is 0.555. The Morgan fingerprint density at radius 3 is 2.52 bits per heavy atom. The predicted molar refractivity (Wildman–Crippen MR) is 92.6 cm³/mol. The molecule has 126 valence electrons. The third-order valence-electron chi connectivity index (χ3n) is 4.32. The molecule has 0 unspecified atom stereocenters.